The van der Waals surface area contributed by atoms with Gasteiger partial charge in [0.05, 0.1) is 18.8 Å². The van der Waals surface area contributed by atoms with Crippen molar-refractivity contribution in [3.63, 3.8) is 0 Å². The summed E-state index contributed by atoms with van der Waals surface area (Å²) in [4.78, 5) is 49.1. The number of rotatable bonds is 18. The lowest BCUT2D eigenvalue weighted by Crippen LogP contribution is -2.53. The maximum absolute atomic E-state index is 12.7. The highest BCUT2D eigenvalue weighted by molar-refractivity contribution is 5.88. The number of carbonyl (C=O) groups is 4. The van der Waals surface area contributed by atoms with Crippen LogP contribution in [0.15, 0.2) is 24.3 Å². The van der Waals surface area contributed by atoms with Crippen molar-refractivity contribution in [2.24, 2.45) is 11.8 Å². The van der Waals surface area contributed by atoms with Crippen LogP contribution < -0.4 is 21.3 Å². The zero-order valence-electron chi connectivity index (χ0n) is 22.8. The van der Waals surface area contributed by atoms with Crippen LogP contribution in [0.4, 0.5) is 0 Å². The van der Waals surface area contributed by atoms with Crippen molar-refractivity contribution in [1.29, 1.82) is 0 Å². The molecule has 0 aliphatic heterocycles. The number of aliphatic hydroxyl groups is 2. The normalized spacial score (nSPS) is 15.1. The molecular weight excluding hydrogens is 492 g/mol. The highest BCUT2D eigenvalue weighted by atomic mass is 16.3. The fourth-order valence-corrected chi connectivity index (χ4v) is 4.10. The van der Waals surface area contributed by atoms with Crippen molar-refractivity contribution >= 4 is 24.0 Å². The lowest BCUT2D eigenvalue weighted by Gasteiger charge is -2.24. The molecule has 38 heavy (non-hydrogen) atoms. The summed E-state index contributed by atoms with van der Waals surface area (Å²) >= 11 is 0. The predicted molar refractivity (Wildman–Crippen MR) is 143 cm³/mol. The van der Waals surface area contributed by atoms with E-state index in [2.05, 4.69) is 21.3 Å². The Morgan fingerprint density at radius 1 is 1.03 bits per heavy atom. The van der Waals surface area contributed by atoms with Crippen LogP contribution in [0.2, 0.25) is 0 Å². The Morgan fingerprint density at radius 3 is 2.21 bits per heavy atom. The molecule has 11 heteroatoms. The second kappa shape index (κ2) is 17.5. The first kappa shape index (κ1) is 33.0. The maximum Gasteiger partial charge on any atom is 0.244 e. The van der Waals surface area contributed by atoms with Crippen molar-refractivity contribution in [2.75, 3.05) is 20.2 Å². The molecule has 0 saturated carbocycles. The minimum atomic E-state index is -1.07. The Balaban J connectivity index is 2.52. The quantitative estimate of drug-likeness (QED) is 0.101. The summed E-state index contributed by atoms with van der Waals surface area (Å²) in [5, 5.41) is 40.1. The summed E-state index contributed by atoms with van der Waals surface area (Å²) in [5.74, 6) is -1.17. The minimum absolute atomic E-state index is 0.0968. The predicted octanol–water partition coefficient (Wildman–Crippen LogP) is 0.0131. The molecule has 5 atom stereocenters. The Labute approximate surface area is 224 Å². The molecule has 1 aromatic carbocycles. The molecule has 214 valence electrons. The first-order valence-electron chi connectivity index (χ1n) is 13.1. The van der Waals surface area contributed by atoms with E-state index in [1.54, 1.807) is 12.1 Å². The van der Waals surface area contributed by atoms with Gasteiger partial charge in [-0.25, -0.2) is 0 Å². The van der Waals surface area contributed by atoms with Crippen LogP contribution >= 0.6 is 0 Å². The van der Waals surface area contributed by atoms with E-state index in [4.69, 9.17) is 0 Å². The fourth-order valence-electron chi connectivity index (χ4n) is 4.10. The van der Waals surface area contributed by atoms with Crippen LogP contribution in [0.3, 0.4) is 0 Å². The Bertz CT molecular complexity index is 879. The molecule has 0 saturated heterocycles. The van der Waals surface area contributed by atoms with Crippen molar-refractivity contribution in [3.8, 4) is 5.75 Å². The molecular formula is C27H44N4O7. The summed E-state index contributed by atoms with van der Waals surface area (Å²) in [6.45, 7) is 5.56. The molecule has 0 radical (unpaired) electrons. The summed E-state index contributed by atoms with van der Waals surface area (Å²) < 4.78 is 0. The fraction of sp³-hybridized carbons (Fsp3) is 0.630. The lowest BCUT2D eigenvalue weighted by molar-refractivity contribution is -0.132. The molecule has 3 amide bonds. The largest absolute Gasteiger partial charge is 0.508 e. The highest BCUT2D eigenvalue weighted by Crippen LogP contribution is 2.15. The van der Waals surface area contributed by atoms with E-state index >= 15 is 0 Å². The molecule has 11 nitrogen and oxygen atoms in total. The summed E-state index contributed by atoms with van der Waals surface area (Å²) in [5.41, 5.74) is 0.730. The van der Waals surface area contributed by atoms with Gasteiger partial charge in [0.2, 0.25) is 17.7 Å². The summed E-state index contributed by atoms with van der Waals surface area (Å²) in [6, 6.07) is 3.40. The standard InChI is InChI=1S/C27H44N4O7/c1-5-19(13-17(2)3)25(36)31-22(16-33)26(37)29-12-6-7-20(15-32)30-27(38)24(28-4)23(35)14-18-8-10-21(34)11-9-18/h8-11,15,17,19-20,22-24,28,33-35H,5-7,12-14,16H2,1-4H3,(H,29,37)(H,30,38)(H,31,36)/t19?,20?,22-,23+,24?/m0/s1. The van der Waals surface area contributed by atoms with Gasteiger partial charge in [-0.1, -0.05) is 32.9 Å². The van der Waals surface area contributed by atoms with Crippen LogP contribution in [0, 0.1) is 11.8 Å². The molecule has 0 heterocycles. The third-order valence-corrected chi connectivity index (χ3v) is 6.28. The van der Waals surface area contributed by atoms with Gasteiger partial charge in [-0.05, 0) is 56.3 Å². The number of aromatic hydroxyl groups is 1. The molecule has 1 rings (SSSR count). The van der Waals surface area contributed by atoms with E-state index in [-0.39, 0.29) is 37.0 Å². The number of carbonyl (C=O) groups excluding carboxylic acids is 4. The SMILES string of the molecule is CCC(CC(C)C)C(=O)N[C@@H](CO)C(=O)NCCCC(C=O)NC(=O)C(NC)[C@H](O)Cc1ccc(O)cc1. The second-order valence-corrected chi connectivity index (χ2v) is 9.87. The molecule has 0 aliphatic carbocycles. The number of hydrogen-bond acceptors (Lipinski definition) is 8. The third-order valence-electron chi connectivity index (χ3n) is 6.28. The number of phenolic OH excluding ortho intramolecular Hbond substituents is 1. The molecule has 3 unspecified atom stereocenters. The molecule has 0 spiro atoms. The van der Waals surface area contributed by atoms with Gasteiger partial charge in [0, 0.05) is 18.9 Å². The lowest BCUT2D eigenvalue weighted by atomic mass is 9.94. The van der Waals surface area contributed by atoms with E-state index in [0.717, 1.165) is 5.56 Å². The van der Waals surface area contributed by atoms with Crippen molar-refractivity contribution < 1.29 is 34.5 Å². The molecule has 0 aromatic heterocycles. The zero-order valence-corrected chi connectivity index (χ0v) is 22.8. The van der Waals surface area contributed by atoms with Crippen LogP contribution in [0.25, 0.3) is 0 Å². The van der Waals surface area contributed by atoms with Gasteiger partial charge in [0.25, 0.3) is 0 Å². The third kappa shape index (κ3) is 11.6. The molecule has 0 fully saturated rings. The number of aldehydes is 1. The smallest absolute Gasteiger partial charge is 0.244 e. The van der Waals surface area contributed by atoms with Gasteiger partial charge < -0.3 is 41.4 Å². The topological polar surface area (TPSA) is 177 Å². The first-order valence-corrected chi connectivity index (χ1v) is 13.1. The zero-order chi connectivity index (χ0) is 28.7. The van der Waals surface area contributed by atoms with Crippen molar-refractivity contribution in [1.82, 2.24) is 21.3 Å². The summed E-state index contributed by atoms with van der Waals surface area (Å²) in [6.07, 6.45) is 1.59. The Kier molecular flexibility index (Phi) is 15.2. The van der Waals surface area contributed by atoms with E-state index in [0.29, 0.717) is 31.5 Å². The van der Waals surface area contributed by atoms with Crippen LogP contribution in [-0.2, 0) is 25.6 Å². The summed E-state index contributed by atoms with van der Waals surface area (Å²) in [7, 11) is 1.53. The second-order valence-electron chi connectivity index (χ2n) is 9.87. The van der Waals surface area contributed by atoms with Crippen LogP contribution in [-0.4, -0.2) is 83.8 Å². The Hall–Kier alpha value is -3.02. The molecule has 0 bridgehead atoms. The van der Waals surface area contributed by atoms with Crippen molar-refractivity contribution in [3.05, 3.63) is 29.8 Å². The monoisotopic (exact) mass is 536 g/mol. The maximum atomic E-state index is 12.7. The van der Waals surface area contributed by atoms with E-state index < -0.39 is 42.7 Å². The van der Waals surface area contributed by atoms with Gasteiger partial charge in [-0.2, -0.15) is 0 Å². The van der Waals surface area contributed by atoms with Gasteiger partial charge in [0.15, 0.2) is 0 Å². The molecule has 7 N–H and O–H groups in total. The Morgan fingerprint density at radius 2 is 1.68 bits per heavy atom. The van der Waals surface area contributed by atoms with E-state index in [1.807, 2.05) is 20.8 Å². The van der Waals surface area contributed by atoms with E-state index in [9.17, 15) is 34.5 Å². The van der Waals surface area contributed by atoms with Gasteiger partial charge in [0.1, 0.15) is 24.1 Å². The van der Waals surface area contributed by atoms with Gasteiger partial charge in [-0.15, -0.1) is 0 Å². The van der Waals surface area contributed by atoms with Crippen LogP contribution in [0.1, 0.15) is 52.0 Å². The number of benzene rings is 1. The number of hydrogen-bond donors (Lipinski definition) is 7. The van der Waals surface area contributed by atoms with E-state index in [1.165, 1.54) is 19.2 Å². The minimum Gasteiger partial charge on any atom is -0.508 e. The molecule has 1 aromatic rings. The highest BCUT2D eigenvalue weighted by Gasteiger charge is 2.27. The van der Waals surface area contributed by atoms with Gasteiger partial charge in [-0.3, -0.25) is 14.4 Å². The average Bonchev–Trinajstić information content (AvgIpc) is 2.88. The number of phenols is 1. The number of likely N-dealkylation sites (N-methyl/N-ethyl adjacent to an activating group) is 1. The number of amides is 3. The van der Waals surface area contributed by atoms with Crippen molar-refractivity contribution in [2.45, 2.75) is 77.1 Å². The van der Waals surface area contributed by atoms with Gasteiger partial charge >= 0.3 is 0 Å². The average molecular weight is 537 g/mol. The van der Waals surface area contributed by atoms with Crippen LogP contribution in [0.5, 0.6) is 5.75 Å². The molecule has 0 aliphatic rings. The number of aliphatic hydroxyl groups excluding tert-OH is 2. The number of nitrogens with one attached hydrogen (secondary N) is 4. The first-order chi connectivity index (χ1) is 18.1.